The largest absolute Gasteiger partial charge is 0.446 e. The van der Waals surface area contributed by atoms with Gasteiger partial charge in [-0.1, -0.05) is 17.3 Å². The Kier molecular flexibility index (Phi) is 3.84. The summed E-state index contributed by atoms with van der Waals surface area (Å²) in [5.41, 5.74) is -3.57. The van der Waals surface area contributed by atoms with Crippen molar-refractivity contribution in [2.45, 2.75) is 23.2 Å². The number of hydrogen-bond acceptors (Lipinski definition) is 4. The number of anilines is 1. The lowest BCUT2D eigenvalue weighted by Gasteiger charge is -2.05. The second kappa shape index (κ2) is 5.63. The molecule has 1 N–H and O–H groups in total. The maximum Gasteiger partial charge on any atom is 0.446 e. The topological polar surface area (TPSA) is 38.1 Å². The third-order valence-electron chi connectivity index (χ3n) is 3.15. The summed E-state index contributed by atoms with van der Waals surface area (Å²) in [6.07, 6.45) is 2.49. The molecule has 2 aromatic rings. The van der Waals surface area contributed by atoms with Gasteiger partial charge in [-0.2, -0.15) is 13.2 Å². The molecule has 21 heavy (non-hydrogen) atoms. The predicted octanol–water partition coefficient (Wildman–Crippen LogP) is 4.78. The molecule has 1 aromatic carbocycles. The predicted molar refractivity (Wildman–Crippen MR) is 75.1 cm³/mol. The van der Waals surface area contributed by atoms with Crippen LogP contribution in [0.3, 0.4) is 0 Å². The van der Waals surface area contributed by atoms with E-state index < -0.39 is 5.51 Å². The summed E-state index contributed by atoms with van der Waals surface area (Å²) in [7, 11) is 0. The van der Waals surface area contributed by atoms with Crippen LogP contribution in [-0.2, 0) is 0 Å². The molecule has 0 atom stereocenters. The average Bonchev–Trinajstić information content (AvgIpc) is 3.13. The minimum Gasteiger partial charge on any atom is -0.367 e. The van der Waals surface area contributed by atoms with Crippen molar-refractivity contribution < 1.29 is 17.7 Å². The first kappa shape index (κ1) is 14.3. The zero-order valence-electron chi connectivity index (χ0n) is 11.0. The van der Waals surface area contributed by atoms with E-state index >= 15 is 0 Å². The first-order valence-corrected chi connectivity index (χ1v) is 7.38. The van der Waals surface area contributed by atoms with Crippen LogP contribution in [0, 0.1) is 5.92 Å². The molecule has 0 saturated heterocycles. The van der Waals surface area contributed by atoms with E-state index in [0.717, 1.165) is 12.5 Å². The van der Waals surface area contributed by atoms with E-state index in [0.29, 0.717) is 17.1 Å². The van der Waals surface area contributed by atoms with Gasteiger partial charge in [0.15, 0.2) is 11.6 Å². The monoisotopic (exact) mass is 314 g/mol. The average molecular weight is 314 g/mol. The number of benzene rings is 1. The van der Waals surface area contributed by atoms with Crippen LogP contribution in [0.1, 0.15) is 12.8 Å². The van der Waals surface area contributed by atoms with Crippen LogP contribution >= 0.6 is 11.8 Å². The molecule has 1 heterocycles. The van der Waals surface area contributed by atoms with E-state index in [2.05, 4.69) is 10.5 Å². The normalized spacial score (nSPS) is 15.2. The number of alkyl halides is 3. The van der Waals surface area contributed by atoms with Crippen molar-refractivity contribution in [1.29, 1.82) is 0 Å². The van der Waals surface area contributed by atoms with Gasteiger partial charge in [0.05, 0.1) is 0 Å². The summed E-state index contributed by atoms with van der Waals surface area (Å²) >= 11 is -0.130. The second-order valence-electron chi connectivity index (χ2n) is 4.97. The number of halogens is 3. The molecule has 0 spiro atoms. The Morgan fingerprint density at radius 1 is 1.24 bits per heavy atom. The van der Waals surface area contributed by atoms with E-state index in [4.69, 9.17) is 4.52 Å². The van der Waals surface area contributed by atoms with Crippen molar-refractivity contribution >= 4 is 17.6 Å². The van der Waals surface area contributed by atoms with Crippen molar-refractivity contribution in [3.05, 3.63) is 30.3 Å². The number of hydrogen-bond donors (Lipinski definition) is 1. The van der Waals surface area contributed by atoms with Crippen LogP contribution in [0.4, 0.5) is 19.0 Å². The molecular weight excluding hydrogens is 301 g/mol. The summed E-state index contributed by atoms with van der Waals surface area (Å²) in [4.78, 5) is 0.151. The van der Waals surface area contributed by atoms with Gasteiger partial charge in [-0.3, -0.25) is 0 Å². The van der Waals surface area contributed by atoms with Crippen molar-refractivity contribution in [2.24, 2.45) is 5.92 Å². The van der Waals surface area contributed by atoms with E-state index in [1.54, 1.807) is 18.2 Å². The van der Waals surface area contributed by atoms with Gasteiger partial charge in [0.25, 0.3) is 0 Å². The molecular formula is C14H13F3N2OS. The van der Waals surface area contributed by atoms with Crippen molar-refractivity contribution in [2.75, 3.05) is 11.9 Å². The van der Waals surface area contributed by atoms with Gasteiger partial charge in [0, 0.05) is 23.1 Å². The van der Waals surface area contributed by atoms with Crippen LogP contribution in [-0.4, -0.2) is 17.2 Å². The van der Waals surface area contributed by atoms with Gasteiger partial charge in [0.2, 0.25) is 0 Å². The number of nitrogens with zero attached hydrogens (tertiary/aromatic N) is 1. The fourth-order valence-corrected chi connectivity index (χ4v) is 2.43. The molecule has 1 aliphatic rings. The summed E-state index contributed by atoms with van der Waals surface area (Å²) in [6, 6.07) is 7.80. The van der Waals surface area contributed by atoms with Gasteiger partial charge in [0.1, 0.15) is 0 Å². The summed E-state index contributed by atoms with van der Waals surface area (Å²) < 4.78 is 42.0. The third-order valence-corrected chi connectivity index (χ3v) is 3.89. The first-order valence-electron chi connectivity index (χ1n) is 6.56. The fourth-order valence-electron chi connectivity index (χ4n) is 1.89. The minimum absolute atomic E-state index is 0.130. The minimum atomic E-state index is -4.27. The molecule has 0 aliphatic heterocycles. The molecule has 0 bridgehead atoms. The molecule has 3 rings (SSSR count). The Morgan fingerprint density at radius 3 is 2.57 bits per heavy atom. The highest BCUT2D eigenvalue weighted by atomic mass is 32.2. The number of nitrogens with one attached hydrogen (secondary N) is 1. The summed E-state index contributed by atoms with van der Waals surface area (Å²) in [6.45, 7) is 0.882. The molecule has 1 fully saturated rings. The van der Waals surface area contributed by atoms with Gasteiger partial charge in [-0.05, 0) is 42.7 Å². The van der Waals surface area contributed by atoms with E-state index in [1.165, 1.54) is 25.0 Å². The van der Waals surface area contributed by atoms with E-state index in [9.17, 15) is 13.2 Å². The molecule has 1 aromatic heterocycles. The van der Waals surface area contributed by atoms with Crippen LogP contribution < -0.4 is 5.32 Å². The Bertz CT molecular complexity index is 605. The second-order valence-corrected chi connectivity index (χ2v) is 6.11. The standard InChI is InChI=1S/C14H13F3N2OS/c15-14(16,17)21-11-5-3-10(4-6-11)12-7-13(19-20-12)18-8-9-1-2-9/h3-7,9H,1-2,8H2,(H,18,19). The maximum absolute atomic E-state index is 12.2. The van der Waals surface area contributed by atoms with E-state index in [1.807, 2.05) is 0 Å². The molecule has 0 amide bonds. The van der Waals surface area contributed by atoms with Gasteiger partial charge in [-0.25, -0.2) is 0 Å². The fraction of sp³-hybridized carbons (Fsp3) is 0.357. The first-order chi connectivity index (χ1) is 9.99. The Hall–Kier alpha value is -1.63. The van der Waals surface area contributed by atoms with Crippen LogP contribution in [0.5, 0.6) is 0 Å². The lowest BCUT2D eigenvalue weighted by atomic mass is 10.2. The molecule has 1 aliphatic carbocycles. The summed E-state index contributed by atoms with van der Waals surface area (Å²) in [5.74, 6) is 1.92. The Balaban J connectivity index is 1.65. The highest BCUT2D eigenvalue weighted by molar-refractivity contribution is 8.00. The molecule has 0 unspecified atom stereocenters. The van der Waals surface area contributed by atoms with Crippen LogP contribution in [0.2, 0.25) is 0 Å². The summed E-state index contributed by atoms with van der Waals surface area (Å²) in [5, 5.41) is 7.08. The van der Waals surface area contributed by atoms with E-state index in [-0.39, 0.29) is 16.7 Å². The third kappa shape index (κ3) is 4.17. The Morgan fingerprint density at radius 2 is 1.95 bits per heavy atom. The number of rotatable bonds is 5. The lowest BCUT2D eigenvalue weighted by molar-refractivity contribution is -0.0328. The molecule has 3 nitrogen and oxygen atoms in total. The van der Waals surface area contributed by atoms with Crippen molar-refractivity contribution in [3.8, 4) is 11.3 Å². The van der Waals surface area contributed by atoms with Gasteiger partial charge in [-0.15, -0.1) is 0 Å². The zero-order chi connectivity index (χ0) is 14.9. The number of thioether (sulfide) groups is 1. The van der Waals surface area contributed by atoms with Crippen molar-refractivity contribution in [1.82, 2.24) is 5.16 Å². The smallest absolute Gasteiger partial charge is 0.367 e. The molecule has 7 heteroatoms. The van der Waals surface area contributed by atoms with Gasteiger partial charge >= 0.3 is 5.51 Å². The van der Waals surface area contributed by atoms with Crippen LogP contribution in [0.25, 0.3) is 11.3 Å². The highest BCUT2D eigenvalue weighted by Crippen LogP contribution is 2.37. The quantitative estimate of drug-likeness (QED) is 0.806. The number of aromatic nitrogens is 1. The SMILES string of the molecule is FC(F)(F)Sc1ccc(-c2cc(NCC3CC3)no2)cc1. The van der Waals surface area contributed by atoms with Crippen LogP contribution in [0.15, 0.2) is 39.8 Å². The maximum atomic E-state index is 12.2. The highest BCUT2D eigenvalue weighted by Gasteiger charge is 2.29. The van der Waals surface area contributed by atoms with Gasteiger partial charge < -0.3 is 9.84 Å². The van der Waals surface area contributed by atoms with Crippen molar-refractivity contribution in [3.63, 3.8) is 0 Å². The molecule has 112 valence electrons. The lowest BCUT2D eigenvalue weighted by Crippen LogP contribution is -2.02. The molecule has 1 saturated carbocycles. The Labute approximate surface area is 123 Å². The zero-order valence-corrected chi connectivity index (χ0v) is 11.8. The molecule has 0 radical (unpaired) electrons.